The van der Waals surface area contributed by atoms with E-state index in [4.69, 9.17) is 4.74 Å². The van der Waals surface area contributed by atoms with Gasteiger partial charge in [-0.3, -0.25) is 9.78 Å². The molecule has 0 unspecified atom stereocenters. The third-order valence-electron chi connectivity index (χ3n) is 5.82. The molecule has 4 rings (SSSR count). The molecule has 0 radical (unpaired) electrons. The van der Waals surface area contributed by atoms with Crippen LogP contribution in [0.5, 0.6) is 0 Å². The Balaban J connectivity index is 1.84. The van der Waals surface area contributed by atoms with Crippen molar-refractivity contribution in [1.82, 2.24) is 9.97 Å². The van der Waals surface area contributed by atoms with E-state index < -0.39 is 17.8 Å². The minimum absolute atomic E-state index is 0.137. The summed E-state index contributed by atoms with van der Waals surface area (Å²) in [5, 5.41) is 10.1. The molecule has 7 nitrogen and oxygen atoms in total. The summed E-state index contributed by atoms with van der Waals surface area (Å²) in [4.78, 5) is 23.2. The van der Waals surface area contributed by atoms with Gasteiger partial charge in [0, 0.05) is 31.0 Å². The molecular weight excluding hydrogens is 497 g/mol. The maximum atomic E-state index is 14.2. The van der Waals surface area contributed by atoms with Crippen LogP contribution in [-0.2, 0) is 4.74 Å². The minimum atomic E-state index is -4.96. The molecule has 1 N–H and O–H groups in total. The second-order valence-electron chi connectivity index (χ2n) is 9.35. The number of hydrogen-bond donors (Lipinski definition) is 1. The number of ether oxygens (including phenoxy) is 1. The number of aromatic nitrogens is 2. The molecule has 0 saturated carbocycles. The monoisotopic (exact) mass is 524 g/mol. The number of aryl methyl sites for hydroxylation is 1. The number of alkyl halides is 3. The van der Waals surface area contributed by atoms with Crippen LogP contribution in [0.3, 0.4) is 0 Å². The first-order valence-corrected chi connectivity index (χ1v) is 11.9. The molecule has 1 amide bonds. The fourth-order valence-electron chi connectivity index (χ4n) is 3.97. The summed E-state index contributed by atoms with van der Waals surface area (Å²) < 4.78 is 48.0. The summed E-state index contributed by atoms with van der Waals surface area (Å²) >= 11 is 0. The van der Waals surface area contributed by atoms with Crippen LogP contribution in [0.1, 0.15) is 35.5 Å². The number of carbonyl (C=O) groups is 1. The van der Waals surface area contributed by atoms with Gasteiger partial charge in [0.25, 0.3) is 5.91 Å². The van der Waals surface area contributed by atoms with Crippen molar-refractivity contribution in [1.29, 1.82) is 0 Å². The quantitative estimate of drug-likeness (QED) is 0.398. The third-order valence-corrected chi connectivity index (χ3v) is 5.82. The van der Waals surface area contributed by atoms with E-state index >= 15 is 0 Å². The van der Waals surface area contributed by atoms with E-state index in [2.05, 4.69) is 21.8 Å². The van der Waals surface area contributed by atoms with E-state index in [0.29, 0.717) is 54.5 Å². The fraction of sp³-hybridized carbons (Fsp3) is 0.321. The van der Waals surface area contributed by atoms with Gasteiger partial charge in [-0.25, -0.2) is 9.88 Å². The van der Waals surface area contributed by atoms with Crippen LogP contribution < -0.4 is 9.80 Å². The molecule has 2 aromatic heterocycles. The number of carbonyl (C=O) groups excluding carboxylic acids is 1. The van der Waals surface area contributed by atoms with Crippen LogP contribution >= 0.6 is 0 Å². The molecule has 0 atom stereocenters. The predicted octanol–water partition coefficient (Wildman–Crippen LogP) is 4.58. The molecule has 1 saturated heterocycles. The van der Waals surface area contributed by atoms with Crippen molar-refractivity contribution < 1.29 is 27.8 Å². The Kier molecular flexibility index (Phi) is 7.71. The number of anilines is 2. The first-order chi connectivity index (χ1) is 17.9. The number of rotatable bonds is 4. The lowest BCUT2D eigenvalue weighted by Crippen LogP contribution is -2.43. The average Bonchev–Trinajstić information content (AvgIpc) is 2.88. The normalized spacial score (nSPS) is 14.0. The third kappa shape index (κ3) is 6.49. The molecule has 3 heterocycles. The zero-order valence-corrected chi connectivity index (χ0v) is 21.2. The van der Waals surface area contributed by atoms with Crippen LogP contribution in [0.25, 0.3) is 11.1 Å². The van der Waals surface area contributed by atoms with Crippen molar-refractivity contribution >= 4 is 17.4 Å². The smallest absolute Gasteiger partial charge is 0.378 e. The van der Waals surface area contributed by atoms with Crippen molar-refractivity contribution in [2.24, 2.45) is 0 Å². The zero-order chi connectivity index (χ0) is 27.5. The SMILES string of the molecule is Cc1ccc(N(C(=O)c2ccncc2)C(F)(F)F)cc1-c1cc(C#CC(C)(C)O)nc(N2CCOCC2)c1. The number of benzene rings is 1. The van der Waals surface area contributed by atoms with Crippen LogP contribution in [0.4, 0.5) is 24.7 Å². The van der Waals surface area contributed by atoms with Crippen molar-refractivity contribution in [3.63, 3.8) is 0 Å². The Morgan fingerprint density at radius 3 is 2.39 bits per heavy atom. The number of hydrogen-bond acceptors (Lipinski definition) is 6. The minimum Gasteiger partial charge on any atom is -0.378 e. The molecule has 1 fully saturated rings. The zero-order valence-electron chi connectivity index (χ0n) is 21.2. The Morgan fingerprint density at radius 2 is 1.76 bits per heavy atom. The Morgan fingerprint density at radius 1 is 1.08 bits per heavy atom. The van der Waals surface area contributed by atoms with Gasteiger partial charge in [-0.2, -0.15) is 0 Å². The van der Waals surface area contributed by atoms with Gasteiger partial charge in [-0.05, 0) is 79.8 Å². The average molecular weight is 525 g/mol. The van der Waals surface area contributed by atoms with Crippen LogP contribution in [0.15, 0.2) is 54.9 Å². The highest BCUT2D eigenvalue weighted by Gasteiger charge is 2.43. The lowest BCUT2D eigenvalue weighted by molar-refractivity contribution is -0.122. The lowest BCUT2D eigenvalue weighted by Gasteiger charge is -2.28. The highest BCUT2D eigenvalue weighted by molar-refractivity contribution is 6.06. The van der Waals surface area contributed by atoms with Gasteiger partial charge in [0.15, 0.2) is 0 Å². The van der Waals surface area contributed by atoms with Gasteiger partial charge >= 0.3 is 6.30 Å². The highest BCUT2D eigenvalue weighted by Crippen LogP contribution is 2.36. The lowest BCUT2D eigenvalue weighted by atomic mass is 9.99. The molecule has 198 valence electrons. The van der Waals surface area contributed by atoms with Crippen LogP contribution in [-0.4, -0.2) is 59.2 Å². The Hall–Kier alpha value is -3.94. The Labute approximate surface area is 218 Å². The second-order valence-corrected chi connectivity index (χ2v) is 9.35. The van der Waals surface area contributed by atoms with Crippen molar-refractivity contribution in [3.8, 4) is 23.0 Å². The number of pyridine rings is 2. The van der Waals surface area contributed by atoms with E-state index in [1.54, 1.807) is 39.0 Å². The van der Waals surface area contributed by atoms with Crippen molar-refractivity contribution in [2.45, 2.75) is 32.7 Å². The molecule has 1 aliphatic rings. The number of halogens is 3. The van der Waals surface area contributed by atoms with Gasteiger partial charge in [0.1, 0.15) is 17.1 Å². The van der Waals surface area contributed by atoms with Gasteiger partial charge in [0.05, 0.1) is 18.9 Å². The molecule has 0 aliphatic carbocycles. The molecule has 10 heteroatoms. The molecule has 38 heavy (non-hydrogen) atoms. The second kappa shape index (κ2) is 10.8. The molecule has 3 aromatic rings. The van der Waals surface area contributed by atoms with E-state index in [1.165, 1.54) is 36.7 Å². The number of aliphatic hydroxyl groups is 1. The van der Waals surface area contributed by atoms with E-state index in [9.17, 15) is 23.1 Å². The summed E-state index contributed by atoms with van der Waals surface area (Å²) in [5.74, 6) is 4.99. The largest absolute Gasteiger partial charge is 0.491 e. The fourth-order valence-corrected chi connectivity index (χ4v) is 3.97. The summed E-state index contributed by atoms with van der Waals surface area (Å²) in [6.45, 7) is 7.09. The van der Waals surface area contributed by atoms with Crippen molar-refractivity contribution in [3.05, 3.63) is 71.7 Å². The van der Waals surface area contributed by atoms with Gasteiger partial charge in [0.2, 0.25) is 0 Å². The van der Waals surface area contributed by atoms with E-state index in [0.717, 1.165) is 0 Å². The molecule has 1 aliphatic heterocycles. The topological polar surface area (TPSA) is 78.8 Å². The summed E-state index contributed by atoms with van der Waals surface area (Å²) in [5.41, 5.74) is 0.412. The summed E-state index contributed by atoms with van der Waals surface area (Å²) in [6.07, 6.45) is -2.43. The summed E-state index contributed by atoms with van der Waals surface area (Å²) in [6, 6.07) is 10.1. The van der Waals surface area contributed by atoms with Crippen LogP contribution in [0, 0.1) is 18.8 Å². The number of nitrogens with zero attached hydrogens (tertiary/aromatic N) is 4. The Bertz CT molecular complexity index is 1370. The van der Waals surface area contributed by atoms with Gasteiger partial charge in [-0.15, -0.1) is 13.2 Å². The molecule has 0 spiro atoms. The van der Waals surface area contributed by atoms with Gasteiger partial charge in [-0.1, -0.05) is 12.0 Å². The standard InChI is InChI=1S/C28H27F3N4O3/c1-19-4-5-23(35(28(29,30)31)26(36)20-7-10-32-11-8-20)18-24(19)21-16-22(6-9-27(2,3)37)33-25(17-21)34-12-14-38-15-13-34/h4-5,7-8,10-11,16-18,37H,12-15H2,1-3H3. The van der Waals surface area contributed by atoms with E-state index in [-0.39, 0.29) is 16.2 Å². The molecular formula is C28H27F3N4O3. The molecule has 0 bridgehead atoms. The maximum absolute atomic E-state index is 14.2. The van der Waals surface area contributed by atoms with E-state index in [1.807, 2.05) is 4.90 Å². The number of morpholine rings is 1. The maximum Gasteiger partial charge on any atom is 0.491 e. The summed E-state index contributed by atoms with van der Waals surface area (Å²) in [7, 11) is 0. The number of amides is 1. The van der Waals surface area contributed by atoms with Crippen molar-refractivity contribution in [2.75, 3.05) is 36.1 Å². The predicted molar refractivity (Wildman–Crippen MR) is 138 cm³/mol. The molecule has 1 aromatic carbocycles. The van der Waals surface area contributed by atoms with Crippen LogP contribution in [0.2, 0.25) is 0 Å². The highest BCUT2D eigenvalue weighted by atomic mass is 19.4. The van der Waals surface area contributed by atoms with Gasteiger partial charge < -0.3 is 14.7 Å². The first kappa shape index (κ1) is 27.1. The first-order valence-electron chi connectivity index (χ1n) is 11.9.